The van der Waals surface area contributed by atoms with Crippen molar-refractivity contribution < 1.29 is 18.0 Å². The number of hydrogen-bond acceptors (Lipinski definition) is 6. The minimum Gasteiger partial charge on any atom is -0.399 e. The Morgan fingerprint density at radius 3 is 2.25 bits per heavy atom. The molecule has 2 amide bonds. The molecule has 1 aromatic carbocycles. The SMILES string of the molecule is Cc1c(N2CC(=O)NC(=O)C2)cc(N)cc1S(N)(=O)=O. The molecule has 9 heteroatoms. The van der Waals surface area contributed by atoms with Gasteiger partial charge in [0.15, 0.2) is 0 Å². The highest BCUT2D eigenvalue weighted by Gasteiger charge is 2.26. The van der Waals surface area contributed by atoms with Crippen molar-refractivity contribution in [1.82, 2.24) is 5.32 Å². The Kier molecular flexibility index (Phi) is 3.40. The number of benzene rings is 1. The average molecular weight is 298 g/mol. The van der Waals surface area contributed by atoms with Crippen molar-refractivity contribution in [1.29, 1.82) is 0 Å². The molecular weight excluding hydrogens is 284 g/mol. The second-order valence-corrected chi connectivity index (χ2v) is 6.07. The molecule has 108 valence electrons. The summed E-state index contributed by atoms with van der Waals surface area (Å²) in [6, 6.07) is 2.76. The van der Waals surface area contributed by atoms with Gasteiger partial charge in [0.25, 0.3) is 0 Å². The van der Waals surface area contributed by atoms with Gasteiger partial charge in [0, 0.05) is 11.4 Å². The number of nitrogens with two attached hydrogens (primary N) is 2. The van der Waals surface area contributed by atoms with E-state index in [1.807, 2.05) is 0 Å². The van der Waals surface area contributed by atoms with Crippen LogP contribution in [0.1, 0.15) is 5.56 Å². The molecule has 0 spiro atoms. The maximum Gasteiger partial charge on any atom is 0.246 e. The van der Waals surface area contributed by atoms with E-state index in [1.165, 1.54) is 17.0 Å². The molecule has 1 aliphatic heterocycles. The van der Waals surface area contributed by atoms with Gasteiger partial charge in [0.2, 0.25) is 21.8 Å². The number of nitrogens with one attached hydrogen (secondary N) is 1. The topological polar surface area (TPSA) is 136 Å². The molecule has 1 aliphatic rings. The molecule has 1 heterocycles. The van der Waals surface area contributed by atoms with Crippen LogP contribution >= 0.6 is 0 Å². The number of piperazine rings is 1. The summed E-state index contributed by atoms with van der Waals surface area (Å²) in [7, 11) is -3.94. The Labute approximate surface area is 115 Å². The zero-order valence-electron chi connectivity index (χ0n) is 10.7. The molecule has 0 saturated carbocycles. The maximum absolute atomic E-state index is 11.5. The minimum absolute atomic E-state index is 0.0555. The highest BCUT2D eigenvalue weighted by molar-refractivity contribution is 7.89. The summed E-state index contributed by atoms with van der Waals surface area (Å²) in [5.41, 5.74) is 6.61. The number of carbonyl (C=O) groups excluding carboxylic acids is 2. The quantitative estimate of drug-likeness (QED) is 0.458. The summed E-state index contributed by atoms with van der Waals surface area (Å²) in [6.07, 6.45) is 0. The first-order valence-corrected chi connectivity index (χ1v) is 7.23. The predicted molar refractivity (Wildman–Crippen MR) is 72.3 cm³/mol. The monoisotopic (exact) mass is 298 g/mol. The number of amides is 2. The van der Waals surface area contributed by atoms with E-state index in [2.05, 4.69) is 5.32 Å². The Balaban J connectivity index is 2.55. The van der Waals surface area contributed by atoms with Crippen molar-refractivity contribution in [2.75, 3.05) is 23.7 Å². The van der Waals surface area contributed by atoms with E-state index in [9.17, 15) is 18.0 Å². The van der Waals surface area contributed by atoms with Crippen LogP contribution in [0.5, 0.6) is 0 Å². The van der Waals surface area contributed by atoms with Crippen LogP contribution in [0.25, 0.3) is 0 Å². The van der Waals surface area contributed by atoms with Crippen LogP contribution in [0.15, 0.2) is 17.0 Å². The molecule has 1 saturated heterocycles. The smallest absolute Gasteiger partial charge is 0.246 e. The Bertz CT molecular complexity index is 683. The van der Waals surface area contributed by atoms with Crippen LogP contribution in [0.4, 0.5) is 11.4 Å². The van der Waals surface area contributed by atoms with Crippen LogP contribution in [0.2, 0.25) is 0 Å². The first-order valence-electron chi connectivity index (χ1n) is 5.69. The van der Waals surface area contributed by atoms with Crippen LogP contribution in [0, 0.1) is 6.92 Å². The lowest BCUT2D eigenvalue weighted by Gasteiger charge is -2.29. The van der Waals surface area contributed by atoms with Crippen molar-refractivity contribution in [2.45, 2.75) is 11.8 Å². The average Bonchev–Trinajstić information content (AvgIpc) is 2.29. The Morgan fingerprint density at radius 1 is 1.20 bits per heavy atom. The molecule has 0 radical (unpaired) electrons. The summed E-state index contributed by atoms with van der Waals surface area (Å²) >= 11 is 0. The number of carbonyl (C=O) groups is 2. The van der Waals surface area contributed by atoms with E-state index in [1.54, 1.807) is 6.92 Å². The fourth-order valence-electron chi connectivity index (χ4n) is 2.13. The van der Waals surface area contributed by atoms with E-state index >= 15 is 0 Å². The van der Waals surface area contributed by atoms with Gasteiger partial charge in [0.1, 0.15) is 0 Å². The second-order valence-electron chi connectivity index (χ2n) is 4.54. The molecular formula is C11H14N4O4S. The van der Waals surface area contributed by atoms with Gasteiger partial charge in [-0.15, -0.1) is 0 Å². The maximum atomic E-state index is 11.5. The van der Waals surface area contributed by atoms with E-state index in [4.69, 9.17) is 10.9 Å². The lowest BCUT2D eigenvalue weighted by Crippen LogP contribution is -2.51. The summed E-state index contributed by atoms with van der Waals surface area (Å²) < 4.78 is 23.1. The van der Waals surface area contributed by atoms with Crippen LogP contribution in [-0.2, 0) is 19.6 Å². The fourth-order valence-corrected chi connectivity index (χ4v) is 2.96. The summed E-state index contributed by atoms with van der Waals surface area (Å²) in [4.78, 5) is 24.1. The van der Waals surface area contributed by atoms with Gasteiger partial charge in [-0.3, -0.25) is 14.9 Å². The normalized spacial score (nSPS) is 16.2. The number of rotatable bonds is 2. The van der Waals surface area contributed by atoms with Crippen LogP contribution in [0.3, 0.4) is 0 Å². The largest absolute Gasteiger partial charge is 0.399 e. The van der Waals surface area contributed by atoms with Crippen LogP contribution < -0.4 is 21.1 Å². The van der Waals surface area contributed by atoms with Crippen molar-refractivity contribution in [2.24, 2.45) is 5.14 Å². The van der Waals surface area contributed by atoms with Crippen molar-refractivity contribution >= 4 is 33.2 Å². The number of nitrogen functional groups attached to an aromatic ring is 1. The standard InChI is InChI=1S/C11H14N4O4S/c1-6-8(15-4-10(16)14-11(17)5-15)2-7(12)3-9(6)20(13,18)19/h2-3H,4-5,12H2,1H3,(H2,13,18,19)(H,14,16,17). The van der Waals surface area contributed by atoms with Crippen molar-refractivity contribution in [3.8, 4) is 0 Å². The van der Waals surface area contributed by atoms with E-state index in [0.29, 0.717) is 11.3 Å². The Hall–Kier alpha value is -2.13. The van der Waals surface area contributed by atoms with Gasteiger partial charge in [0.05, 0.1) is 18.0 Å². The van der Waals surface area contributed by atoms with Gasteiger partial charge in [-0.25, -0.2) is 13.6 Å². The van der Waals surface area contributed by atoms with Gasteiger partial charge in [-0.2, -0.15) is 0 Å². The molecule has 0 aliphatic carbocycles. The van der Waals surface area contributed by atoms with Crippen LogP contribution in [-0.4, -0.2) is 33.3 Å². The molecule has 20 heavy (non-hydrogen) atoms. The Morgan fingerprint density at radius 2 is 1.75 bits per heavy atom. The number of imide groups is 1. The third kappa shape index (κ3) is 2.73. The first-order chi connectivity index (χ1) is 9.18. The number of nitrogens with zero attached hydrogens (tertiary/aromatic N) is 1. The van der Waals surface area contributed by atoms with Crippen molar-refractivity contribution in [3.63, 3.8) is 0 Å². The summed E-state index contributed by atoms with van der Waals surface area (Å²) in [5.74, 6) is -0.916. The third-order valence-corrected chi connectivity index (χ3v) is 3.99. The predicted octanol–water partition coefficient (Wildman–Crippen LogP) is -1.31. The first kappa shape index (κ1) is 14.3. The van der Waals surface area contributed by atoms with E-state index in [-0.39, 0.29) is 23.7 Å². The van der Waals surface area contributed by atoms with Gasteiger partial charge in [-0.05, 0) is 24.6 Å². The van der Waals surface area contributed by atoms with Gasteiger partial charge in [-0.1, -0.05) is 0 Å². The zero-order valence-corrected chi connectivity index (χ0v) is 11.5. The zero-order chi connectivity index (χ0) is 15.1. The molecule has 2 rings (SSSR count). The number of hydrogen-bond donors (Lipinski definition) is 3. The summed E-state index contributed by atoms with van der Waals surface area (Å²) in [5, 5.41) is 7.30. The molecule has 1 aromatic rings. The van der Waals surface area contributed by atoms with Gasteiger partial charge < -0.3 is 10.6 Å². The molecule has 0 atom stereocenters. The molecule has 8 nitrogen and oxygen atoms in total. The molecule has 0 aromatic heterocycles. The summed E-state index contributed by atoms with van der Waals surface area (Å²) in [6.45, 7) is 1.44. The van der Waals surface area contributed by atoms with Gasteiger partial charge >= 0.3 is 0 Å². The minimum atomic E-state index is -3.94. The lowest BCUT2D eigenvalue weighted by atomic mass is 10.1. The molecule has 1 fully saturated rings. The third-order valence-electron chi connectivity index (χ3n) is 2.95. The number of sulfonamides is 1. The molecule has 5 N–H and O–H groups in total. The highest BCUT2D eigenvalue weighted by atomic mass is 32.2. The number of anilines is 2. The lowest BCUT2D eigenvalue weighted by molar-refractivity contribution is -0.130. The van der Waals surface area contributed by atoms with E-state index < -0.39 is 21.8 Å². The second kappa shape index (κ2) is 4.76. The molecule has 0 bridgehead atoms. The fraction of sp³-hybridized carbons (Fsp3) is 0.273. The molecule has 0 unspecified atom stereocenters. The van der Waals surface area contributed by atoms with E-state index in [0.717, 1.165) is 0 Å². The highest BCUT2D eigenvalue weighted by Crippen LogP contribution is 2.29. The van der Waals surface area contributed by atoms with Crippen molar-refractivity contribution in [3.05, 3.63) is 17.7 Å². The number of primary sulfonamides is 1.